The van der Waals surface area contributed by atoms with Crippen LogP contribution in [0.4, 0.5) is 10.1 Å². The molecule has 5 rings (SSSR count). The Morgan fingerprint density at radius 3 is 2.69 bits per heavy atom. The average Bonchev–Trinajstić information content (AvgIpc) is 3.51. The molecule has 2 heterocycles. The summed E-state index contributed by atoms with van der Waals surface area (Å²) < 4.78 is 29.0. The molecule has 2 aromatic heterocycles. The third kappa shape index (κ3) is 5.11. The molecular weight excluding hydrogens is 503 g/mol. The monoisotopic (exact) mass is 530 g/mol. The molecule has 2 N–H and O–H groups in total. The van der Waals surface area contributed by atoms with Crippen LogP contribution in [0.3, 0.4) is 0 Å². The highest BCUT2D eigenvalue weighted by molar-refractivity contribution is 5.96. The largest absolute Gasteiger partial charge is 0.497 e. The van der Waals surface area contributed by atoms with Crippen molar-refractivity contribution >= 4 is 22.6 Å². The lowest BCUT2D eigenvalue weighted by atomic mass is 9.99. The number of carbonyl (C=O) groups excluding carboxylic acids is 1. The third-order valence-corrected chi connectivity index (χ3v) is 6.39. The highest BCUT2D eigenvalue weighted by Gasteiger charge is 2.20. The smallest absolute Gasteiger partial charge is 0.329 e. The van der Waals surface area contributed by atoms with Crippen molar-refractivity contribution in [3.63, 3.8) is 0 Å². The third-order valence-electron chi connectivity index (χ3n) is 6.39. The first-order chi connectivity index (χ1) is 18.7. The van der Waals surface area contributed by atoms with E-state index in [9.17, 15) is 9.59 Å². The van der Waals surface area contributed by atoms with E-state index in [4.69, 9.17) is 9.47 Å². The molecule has 200 valence electrons. The summed E-state index contributed by atoms with van der Waals surface area (Å²) in [6, 6.07) is 13.9. The van der Waals surface area contributed by atoms with Gasteiger partial charge in [0.05, 0.1) is 18.1 Å². The molecule has 0 aliphatic rings. The van der Waals surface area contributed by atoms with Crippen LogP contribution in [0.5, 0.6) is 11.5 Å². The summed E-state index contributed by atoms with van der Waals surface area (Å²) in [4.78, 5) is 29.0. The zero-order valence-corrected chi connectivity index (χ0v) is 21.9. The van der Waals surface area contributed by atoms with E-state index in [-0.39, 0.29) is 30.5 Å². The molecule has 0 saturated heterocycles. The Morgan fingerprint density at radius 1 is 1.15 bits per heavy atom. The summed E-state index contributed by atoms with van der Waals surface area (Å²) in [5, 5.41) is 10.4. The van der Waals surface area contributed by atoms with Crippen molar-refractivity contribution < 1.29 is 18.7 Å². The Morgan fingerprint density at radius 2 is 1.97 bits per heavy atom. The van der Waals surface area contributed by atoms with E-state index in [0.29, 0.717) is 45.0 Å². The van der Waals surface area contributed by atoms with Gasteiger partial charge in [0.25, 0.3) is 0 Å². The summed E-state index contributed by atoms with van der Waals surface area (Å²) in [6.07, 6.45) is 1.42. The number of rotatable bonds is 8. The molecule has 10 nitrogen and oxygen atoms in total. The summed E-state index contributed by atoms with van der Waals surface area (Å²) in [5.41, 5.74) is 4.05. The van der Waals surface area contributed by atoms with E-state index in [1.807, 2.05) is 25.1 Å². The van der Waals surface area contributed by atoms with E-state index in [1.54, 1.807) is 45.3 Å². The summed E-state index contributed by atoms with van der Waals surface area (Å²) >= 11 is 0. The quantitative estimate of drug-likeness (QED) is 0.312. The number of nitrogens with zero attached hydrogens (tertiary/aromatic N) is 4. The van der Waals surface area contributed by atoms with Crippen molar-refractivity contribution in [1.82, 2.24) is 24.3 Å². The first-order valence-corrected chi connectivity index (χ1v) is 12.2. The number of fused-ring (bicyclic) bond motifs is 1. The highest BCUT2D eigenvalue weighted by Crippen LogP contribution is 2.34. The lowest BCUT2D eigenvalue weighted by Crippen LogP contribution is -2.28. The van der Waals surface area contributed by atoms with Gasteiger partial charge in [-0.3, -0.25) is 13.9 Å². The van der Waals surface area contributed by atoms with Gasteiger partial charge < -0.3 is 19.8 Å². The van der Waals surface area contributed by atoms with E-state index >= 15 is 4.39 Å². The van der Waals surface area contributed by atoms with Gasteiger partial charge in [-0.05, 0) is 66.9 Å². The van der Waals surface area contributed by atoms with Gasteiger partial charge in [0, 0.05) is 24.4 Å². The van der Waals surface area contributed by atoms with Gasteiger partial charge >= 0.3 is 5.69 Å². The first kappa shape index (κ1) is 25.7. The molecule has 11 heteroatoms. The number of hydrogen-bond donors (Lipinski definition) is 2. The minimum atomic E-state index is -0.540. The number of carbonyl (C=O) groups is 1. The van der Waals surface area contributed by atoms with Crippen LogP contribution < -0.4 is 20.5 Å². The number of halogens is 1. The predicted octanol–water partition coefficient (Wildman–Crippen LogP) is 4.11. The Hall–Kier alpha value is -4.93. The van der Waals surface area contributed by atoms with Gasteiger partial charge in [0.1, 0.15) is 25.2 Å². The first-order valence-electron chi connectivity index (χ1n) is 12.2. The normalized spacial score (nSPS) is 11.1. The second-order valence-corrected chi connectivity index (χ2v) is 9.22. The molecule has 5 aromatic rings. The van der Waals surface area contributed by atoms with Crippen LogP contribution in [0.25, 0.3) is 22.2 Å². The molecule has 0 atom stereocenters. The zero-order chi connectivity index (χ0) is 27.7. The molecule has 0 bridgehead atoms. The average molecular weight is 531 g/mol. The highest BCUT2D eigenvalue weighted by atomic mass is 19.1. The van der Waals surface area contributed by atoms with Crippen molar-refractivity contribution in [3.8, 4) is 22.6 Å². The topological polar surface area (TPSA) is 116 Å². The Balaban J connectivity index is 1.50. The molecule has 0 fully saturated rings. The number of nitrogens with one attached hydrogen (secondary N) is 2. The van der Waals surface area contributed by atoms with E-state index < -0.39 is 5.82 Å². The molecule has 1 amide bonds. The number of ether oxygens (including phenoxy) is 2. The van der Waals surface area contributed by atoms with Gasteiger partial charge in [0.2, 0.25) is 5.91 Å². The molecule has 0 radical (unpaired) electrons. The number of aryl methyl sites for hydroxylation is 3. The standard InChI is InChI=1S/C28H27FN6O4/c1-16-8-21(18-10-17(2)27(22(29)11-18)39-14-24-30-15-31-33-24)26-23(9-16)35(28(37)34(26)3)13-25(36)32-19-6-5-7-20(12-19)38-4/h5-12,15H,13-14H2,1-4H3,(H,32,36)(H,30,31,33). The summed E-state index contributed by atoms with van der Waals surface area (Å²) in [5.74, 6) is 0.286. The van der Waals surface area contributed by atoms with Crippen LogP contribution in [0.2, 0.25) is 0 Å². The molecule has 0 unspecified atom stereocenters. The van der Waals surface area contributed by atoms with Crippen molar-refractivity contribution in [2.75, 3.05) is 12.4 Å². The molecule has 39 heavy (non-hydrogen) atoms. The zero-order valence-electron chi connectivity index (χ0n) is 21.9. The number of benzene rings is 3. The molecule has 0 spiro atoms. The van der Waals surface area contributed by atoms with Gasteiger partial charge in [0.15, 0.2) is 17.4 Å². The summed E-state index contributed by atoms with van der Waals surface area (Å²) in [7, 11) is 3.18. The second-order valence-electron chi connectivity index (χ2n) is 9.22. The Kier molecular flexibility index (Phi) is 6.88. The minimum Gasteiger partial charge on any atom is -0.497 e. The molecular formula is C28H27FN6O4. The van der Waals surface area contributed by atoms with Crippen molar-refractivity contribution in [3.05, 3.63) is 88.1 Å². The number of aromatic amines is 1. The fourth-order valence-corrected chi connectivity index (χ4v) is 4.63. The van der Waals surface area contributed by atoms with Crippen LogP contribution in [0, 0.1) is 19.7 Å². The molecule has 0 aliphatic carbocycles. The van der Waals surface area contributed by atoms with Crippen molar-refractivity contribution in [2.24, 2.45) is 7.05 Å². The van der Waals surface area contributed by atoms with Gasteiger partial charge in [-0.1, -0.05) is 6.07 Å². The number of aromatic nitrogens is 5. The number of imidazole rings is 1. The Labute approximate surface area is 223 Å². The fraction of sp³-hybridized carbons (Fsp3) is 0.214. The van der Waals surface area contributed by atoms with Gasteiger partial charge in [-0.25, -0.2) is 9.18 Å². The maximum absolute atomic E-state index is 15.2. The maximum Gasteiger partial charge on any atom is 0.329 e. The van der Waals surface area contributed by atoms with Gasteiger partial charge in [-0.2, -0.15) is 0 Å². The van der Waals surface area contributed by atoms with Gasteiger partial charge in [-0.15, -0.1) is 10.2 Å². The lowest BCUT2D eigenvalue weighted by Gasteiger charge is -2.13. The van der Waals surface area contributed by atoms with E-state index in [0.717, 1.165) is 5.56 Å². The number of H-pyrrole nitrogens is 1. The van der Waals surface area contributed by atoms with Crippen molar-refractivity contribution in [1.29, 1.82) is 0 Å². The molecule has 0 aliphatic heterocycles. The molecule has 3 aromatic carbocycles. The lowest BCUT2D eigenvalue weighted by molar-refractivity contribution is -0.116. The fourth-order valence-electron chi connectivity index (χ4n) is 4.63. The summed E-state index contributed by atoms with van der Waals surface area (Å²) in [6.45, 7) is 3.49. The maximum atomic E-state index is 15.2. The van der Waals surface area contributed by atoms with Crippen LogP contribution in [-0.2, 0) is 25.0 Å². The van der Waals surface area contributed by atoms with Crippen LogP contribution in [0.1, 0.15) is 17.0 Å². The minimum absolute atomic E-state index is 0.0426. The van der Waals surface area contributed by atoms with Crippen molar-refractivity contribution in [2.45, 2.75) is 27.0 Å². The van der Waals surface area contributed by atoms with Crippen LogP contribution in [0.15, 0.2) is 59.7 Å². The number of anilines is 1. The number of amides is 1. The number of methoxy groups -OCH3 is 1. The SMILES string of the molecule is COc1cccc(NC(=O)Cn2c(=O)n(C)c3c(-c4cc(C)c(OCc5nnc[nH]5)c(F)c4)cc(C)cc32)c1. The van der Waals surface area contributed by atoms with E-state index in [1.165, 1.54) is 21.5 Å². The predicted molar refractivity (Wildman–Crippen MR) is 144 cm³/mol. The second kappa shape index (κ2) is 10.4. The number of hydrogen-bond acceptors (Lipinski definition) is 6. The van der Waals surface area contributed by atoms with Crippen LogP contribution >= 0.6 is 0 Å². The van der Waals surface area contributed by atoms with E-state index in [2.05, 4.69) is 20.5 Å². The molecule has 0 saturated carbocycles. The van der Waals surface area contributed by atoms with Crippen LogP contribution in [-0.4, -0.2) is 37.3 Å². The Bertz CT molecular complexity index is 1720.